The molecule has 0 aliphatic heterocycles. The molecule has 0 saturated carbocycles. The molecule has 0 bridgehead atoms. The second-order valence-electron chi connectivity index (χ2n) is 5.42. The highest BCUT2D eigenvalue weighted by atomic mass is 16.5. The van der Waals surface area contributed by atoms with Crippen LogP contribution in [0.3, 0.4) is 0 Å². The van der Waals surface area contributed by atoms with Gasteiger partial charge in [0.1, 0.15) is 6.10 Å². The van der Waals surface area contributed by atoms with Gasteiger partial charge < -0.3 is 10.1 Å². The molecule has 0 aliphatic rings. The van der Waals surface area contributed by atoms with Gasteiger partial charge in [0.15, 0.2) is 0 Å². The number of amides is 1. The fourth-order valence-corrected chi connectivity index (χ4v) is 1.40. The number of nitrogens with zero attached hydrogens (tertiary/aromatic N) is 2. The first-order valence-electron chi connectivity index (χ1n) is 6.43. The van der Waals surface area contributed by atoms with Crippen LogP contribution < -0.4 is 5.32 Å². The van der Waals surface area contributed by atoms with Crippen LogP contribution in [0.1, 0.15) is 34.1 Å². The Hall–Kier alpha value is -1.62. The van der Waals surface area contributed by atoms with Crippen molar-refractivity contribution in [1.29, 1.82) is 0 Å². The normalized spacial score (nSPS) is 13.1. The van der Waals surface area contributed by atoms with Crippen LogP contribution in [0, 0.1) is 0 Å². The monoisotopic (exact) mass is 265 g/mol. The predicted octanol–water partition coefficient (Wildman–Crippen LogP) is 2.56. The second kappa shape index (κ2) is 6.52. The molecule has 0 saturated heterocycles. The van der Waals surface area contributed by atoms with Crippen LogP contribution in [0.2, 0.25) is 0 Å². The summed E-state index contributed by atoms with van der Waals surface area (Å²) in [5.74, 6) is -0.169. The van der Waals surface area contributed by atoms with Crippen LogP contribution >= 0.6 is 0 Å². The SMILES string of the molecule is C=CCCOC(C)C(=O)Nc1cnn(C(C)(C)C)c1. The molecular weight excluding hydrogens is 242 g/mol. The van der Waals surface area contributed by atoms with E-state index in [4.69, 9.17) is 4.74 Å². The zero-order valence-corrected chi connectivity index (χ0v) is 12.1. The Morgan fingerprint density at radius 1 is 1.63 bits per heavy atom. The van der Waals surface area contributed by atoms with Gasteiger partial charge in [-0.15, -0.1) is 6.58 Å². The number of rotatable bonds is 6. The van der Waals surface area contributed by atoms with E-state index in [1.165, 1.54) is 0 Å². The molecule has 5 nitrogen and oxygen atoms in total. The van der Waals surface area contributed by atoms with Crippen LogP contribution in [0.15, 0.2) is 25.0 Å². The lowest BCUT2D eigenvalue weighted by Crippen LogP contribution is -2.28. The summed E-state index contributed by atoms with van der Waals surface area (Å²) < 4.78 is 7.19. The van der Waals surface area contributed by atoms with Crippen molar-refractivity contribution < 1.29 is 9.53 Å². The molecule has 1 N–H and O–H groups in total. The van der Waals surface area contributed by atoms with E-state index in [9.17, 15) is 4.79 Å². The van der Waals surface area contributed by atoms with Crippen molar-refractivity contribution in [3.05, 3.63) is 25.0 Å². The third-order valence-corrected chi connectivity index (χ3v) is 2.60. The topological polar surface area (TPSA) is 56.1 Å². The van der Waals surface area contributed by atoms with Gasteiger partial charge in [-0.3, -0.25) is 9.48 Å². The van der Waals surface area contributed by atoms with Crippen LogP contribution in [0.5, 0.6) is 0 Å². The summed E-state index contributed by atoms with van der Waals surface area (Å²) in [5, 5.41) is 7.01. The summed E-state index contributed by atoms with van der Waals surface area (Å²) in [5.41, 5.74) is 0.578. The molecule has 106 valence electrons. The van der Waals surface area contributed by atoms with E-state index in [2.05, 4.69) is 17.0 Å². The molecule has 0 aliphatic carbocycles. The fraction of sp³-hybridized carbons (Fsp3) is 0.571. The van der Waals surface area contributed by atoms with E-state index in [0.717, 1.165) is 6.42 Å². The van der Waals surface area contributed by atoms with Gasteiger partial charge in [0.2, 0.25) is 0 Å². The van der Waals surface area contributed by atoms with Crippen LogP contribution in [0.25, 0.3) is 0 Å². The van der Waals surface area contributed by atoms with E-state index in [1.54, 1.807) is 19.2 Å². The molecule has 0 fully saturated rings. The van der Waals surface area contributed by atoms with Crippen LogP contribution in [-0.4, -0.2) is 28.4 Å². The number of anilines is 1. The molecule has 0 spiro atoms. The van der Waals surface area contributed by atoms with Gasteiger partial charge >= 0.3 is 0 Å². The smallest absolute Gasteiger partial charge is 0.253 e. The summed E-state index contributed by atoms with van der Waals surface area (Å²) in [6.07, 6.45) is 5.46. The van der Waals surface area contributed by atoms with Gasteiger partial charge in [-0.25, -0.2) is 0 Å². The Morgan fingerprint density at radius 3 is 2.84 bits per heavy atom. The Kier molecular flexibility index (Phi) is 5.30. The van der Waals surface area contributed by atoms with Crippen molar-refractivity contribution in [1.82, 2.24) is 9.78 Å². The van der Waals surface area contributed by atoms with Crippen molar-refractivity contribution in [2.24, 2.45) is 0 Å². The van der Waals surface area contributed by atoms with Gasteiger partial charge in [0.25, 0.3) is 5.91 Å². The summed E-state index contributed by atoms with van der Waals surface area (Å²) in [6, 6.07) is 0. The quantitative estimate of drug-likeness (QED) is 0.635. The molecule has 1 atom stereocenters. The third kappa shape index (κ3) is 4.87. The second-order valence-corrected chi connectivity index (χ2v) is 5.42. The molecule has 1 rings (SSSR count). The molecule has 1 amide bonds. The Bertz CT molecular complexity index is 432. The molecule has 19 heavy (non-hydrogen) atoms. The lowest BCUT2D eigenvalue weighted by molar-refractivity contribution is -0.126. The van der Waals surface area contributed by atoms with Gasteiger partial charge in [0.05, 0.1) is 24.0 Å². The zero-order valence-electron chi connectivity index (χ0n) is 12.1. The van der Waals surface area contributed by atoms with Gasteiger partial charge in [-0.05, 0) is 34.1 Å². The summed E-state index contributed by atoms with van der Waals surface area (Å²) in [7, 11) is 0. The van der Waals surface area contributed by atoms with Crippen LogP contribution in [-0.2, 0) is 15.1 Å². The summed E-state index contributed by atoms with van der Waals surface area (Å²) >= 11 is 0. The van der Waals surface area contributed by atoms with E-state index < -0.39 is 6.10 Å². The van der Waals surface area contributed by atoms with Gasteiger partial charge in [-0.1, -0.05) is 6.08 Å². The number of hydrogen-bond donors (Lipinski definition) is 1. The lowest BCUT2D eigenvalue weighted by Gasteiger charge is -2.18. The first-order chi connectivity index (χ1) is 8.84. The van der Waals surface area contributed by atoms with Gasteiger partial charge in [-0.2, -0.15) is 5.10 Å². The highest BCUT2D eigenvalue weighted by molar-refractivity contribution is 5.93. The van der Waals surface area contributed by atoms with Crippen molar-refractivity contribution in [3.63, 3.8) is 0 Å². The van der Waals surface area contributed by atoms with Crippen LogP contribution in [0.4, 0.5) is 5.69 Å². The molecule has 0 radical (unpaired) electrons. The molecule has 1 aromatic rings. The average molecular weight is 265 g/mol. The Balaban J connectivity index is 2.52. The predicted molar refractivity (Wildman–Crippen MR) is 76.1 cm³/mol. The number of carbonyl (C=O) groups is 1. The first-order valence-corrected chi connectivity index (χ1v) is 6.43. The Morgan fingerprint density at radius 2 is 2.32 bits per heavy atom. The third-order valence-electron chi connectivity index (χ3n) is 2.60. The maximum Gasteiger partial charge on any atom is 0.253 e. The number of aromatic nitrogens is 2. The van der Waals surface area contributed by atoms with Gasteiger partial charge in [0, 0.05) is 6.20 Å². The van der Waals surface area contributed by atoms with E-state index >= 15 is 0 Å². The van der Waals surface area contributed by atoms with Crippen molar-refractivity contribution in [2.75, 3.05) is 11.9 Å². The maximum atomic E-state index is 11.9. The van der Waals surface area contributed by atoms with Crippen molar-refractivity contribution >= 4 is 11.6 Å². The van der Waals surface area contributed by atoms with E-state index in [0.29, 0.717) is 12.3 Å². The van der Waals surface area contributed by atoms with E-state index in [-0.39, 0.29) is 11.4 Å². The minimum absolute atomic E-state index is 0.102. The summed E-state index contributed by atoms with van der Waals surface area (Å²) in [6.45, 7) is 12.0. The number of carbonyl (C=O) groups excluding carboxylic acids is 1. The maximum absolute atomic E-state index is 11.9. The number of nitrogens with one attached hydrogen (secondary N) is 1. The molecule has 1 heterocycles. The minimum atomic E-state index is -0.488. The van der Waals surface area contributed by atoms with Crippen molar-refractivity contribution in [3.8, 4) is 0 Å². The highest BCUT2D eigenvalue weighted by Crippen LogP contribution is 2.16. The lowest BCUT2D eigenvalue weighted by atomic mass is 10.1. The number of hydrogen-bond acceptors (Lipinski definition) is 3. The number of ether oxygens (including phenoxy) is 1. The Labute approximate surface area is 114 Å². The molecule has 1 unspecified atom stereocenters. The zero-order chi connectivity index (χ0) is 14.5. The standard InChI is InChI=1S/C14H23N3O2/c1-6-7-8-19-11(2)13(18)16-12-9-15-17(10-12)14(3,4)5/h6,9-11H,1,7-8H2,2-5H3,(H,16,18). The molecular formula is C14H23N3O2. The first kappa shape index (κ1) is 15.4. The van der Waals surface area contributed by atoms with Crippen molar-refractivity contribution in [2.45, 2.75) is 45.8 Å². The molecule has 5 heteroatoms. The molecule has 0 aromatic carbocycles. The highest BCUT2D eigenvalue weighted by Gasteiger charge is 2.17. The van der Waals surface area contributed by atoms with E-state index in [1.807, 2.05) is 31.6 Å². The fourth-order valence-electron chi connectivity index (χ4n) is 1.40. The minimum Gasteiger partial charge on any atom is -0.368 e. The summed E-state index contributed by atoms with van der Waals surface area (Å²) in [4.78, 5) is 11.9. The largest absolute Gasteiger partial charge is 0.368 e. The average Bonchev–Trinajstić information content (AvgIpc) is 2.77. The molecule has 1 aromatic heterocycles.